The normalized spacial score (nSPS) is 16.3. The monoisotopic (exact) mass is 294 g/mol. The molecule has 0 saturated heterocycles. The molecule has 0 radical (unpaired) electrons. The number of benzene rings is 1. The van der Waals surface area contributed by atoms with Gasteiger partial charge in [-0.1, -0.05) is 6.07 Å². The van der Waals surface area contributed by atoms with Crippen molar-refractivity contribution in [3.05, 3.63) is 33.9 Å². The zero-order valence-electron chi connectivity index (χ0n) is 12.2. The summed E-state index contributed by atoms with van der Waals surface area (Å²) in [5.41, 5.74) is 1.15. The van der Waals surface area contributed by atoms with Crippen LogP contribution < -0.4 is 4.90 Å². The Balaban J connectivity index is 2.35. The Labute approximate surface area is 124 Å². The van der Waals surface area contributed by atoms with Crippen molar-refractivity contribution in [2.75, 3.05) is 18.1 Å². The van der Waals surface area contributed by atoms with Crippen LogP contribution in [-0.2, 0) is 0 Å². The van der Waals surface area contributed by atoms with E-state index in [1.807, 2.05) is 4.90 Å². The minimum Gasteiger partial charge on any atom is -0.396 e. The summed E-state index contributed by atoms with van der Waals surface area (Å²) in [4.78, 5) is 13.0. The second kappa shape index (κ2) is 6.87. The first kappa shape index (κ1) is 15.7. The Hall–Kier alpha value is -1.66. The zero-order valence-corrected chi connectivity index (χ0v) is 12.2. The minimum atomic E-state index is -0.729. The Morgan fingerprint density at radius 1 is 1.48 bits per heavy atom. The van der Waals surface area contributed by atoms with E-state index in [0.717, 1.165) is 19.3 Å². The fourth-order valence-electron chi connectivity index (χ4n) is 2.63. The van der Waals surface area contributed by atoms with Crippen molar-refractivity contribution >= 4 is 11.4 Å². The van der Waals surface area contributed by atoms with Crippen LogP contribution in [0.2, 0.25) is 0 Å². The van der Waals surface area contributed by atoms with Crippen molar-refractivity contribution < 1.29 is 15.1 Å². The molecule has 1 aromatic carbocycles. The molecule has 0 aromatic heterocycles. The molecular weight excluding hydrogens is 272 g/mol. The summed E-state index contributed by atoms with van der Waals surface area (Å²) in [7, 11) is 0. The van der Waals surface area contributed by atoms with E-state index >= 15 is 0 Å². The summed E-state index contributed by atoms with van der Waals surface area (Å²) in [5.74, 6) is 0. The molecule has 0 spiro atoms. The summed E-state index contributed by atoms with van der Waals surface area (Å²) in [6.07, 6.45) is 3.06. The SMILES string of the molecule is CC(O)c1ccc(N(CCCO)C2CCC2)c([N+](=O)[O-])c1. The third-order valence-corrected chi connectivity index (χ3v) is 4.06. The largest absolute Gasteiger partial charge is 0.396 e. The molecule has 21 heavy (non-hydrogen) atoms. The molecule has 1 atom stereocenters. The van der Waals surface area contributed by atoms with Gasteiger partial charge in [-0.25, -0.2) is 0 Å². The molecule has 1 unspecified atom stereocenters. The molecule has 2 N–H and O–H groups in total. The van der Waals surface area contributed by atoms with Crippen LogP contribution >= 0.6 is 0 Å². The molecule has 1 fully saturated rings. The van der Waals surface area contributed by atoms with Crippen molar-refractivity contribution in [2.45, 2.75) is 44.8 Å². The fourth-order valence-corrected chi connectivity index (χ4v) is 2.63. The average molecular weight is 294 g/mol. The molecule has 2 rings (SSSR count). The van der Waals surface area contributed by atoms with Crippen molar-refractivity contribution in [1.29, 1.82) is 0 Å². The van der Waals surface area contributed by atoms with Crippen molar-refractivity contribution in [3.8, 4) is 0 Å². The number of nitro groups is 1. The molecule has 1 aliphatic rings. The van der Waals surface area contributed by atoms with Crippen LogP contribution in [0.15, 0.2) is 18.2 Å². The second-order valence-electron chi connectivity index (χ2n) is 5.54. The Morgan fingerprint density at radius 3 is 2.67 bits per heavy atom. The first-order valence-electron chi connectivity index (χ1n) is 7.38. The molecule has 6 nitrogen and oxygen atoms in total. The van der Waals surface area contributed by atoms with Gasteiger partial charge in [0.25, 0.3) is 5.69 Å². The fraction of sp³-hybridized carbons (Fsp3) is 0.600. The lowest BCUT2D eigenvalue weighted by Crippen LogP contribution is -2.41. The van der Waals surface area contributed by atoms with Crippen molar-refractivity contribution in [1.82, 2.24) is 0 Å². The van der Waals surface area contributed by atoms with E-state index in [-0.39, 0.29) is 12.3 Å². The van der Waals surface area contributed by atoms with Crippen molar-refractivity contribution in [2.24, 2.45) is 0 Å². The van der Waals surface area contributed by atoms with Gasteiger partial charge in [-0.15, -0.1) is 0 Å². The molecule has 0 aliphatic heterocycles. The van der Waals surface area contributed by atoms with Gasteiger partial charge in [-0.3, -0.25) is 10.1 Å². The van der Waals surface area contributed by atoms with Gasteiger partial charge in [-0.2, -0.15) is 0 Å². The molecule has 0 heterocycles. The molecule has 1 aromatic rings. The third kappa shape index (κ3) is 3.51. The highest BCUT2D eigenvalue weighted by molar-refractivity contribution is 5.65. The highest BCUT2D eigenvalue weighted by Crippen LogP contribution is 2.36. The van der Waals surface area contributed by atoms with Crippen LogP contribution in [0.5, 0.6) is 0 Å². The van der Waals surface area contributed by atoms with Crippen molar-refractivity contribution in [3.63, 3.8) is 0 Å². The topological polar surface area (TPSA) is 86.8 Å². The molecule has 6 heteroatoms. The van der Waals surface area contributed by atoms with Gasteiger partial charge in [0.2, 0.25) is 0 Å². The van der Waals surface area contributed by atoms with Gasteiger partial charge in [0.05, 0.1) is 11.0 Å². The molecular formula is C15H22N2O4. The Morgan fingerprint density at radius 2 is 2.19 bits per heavy atom. The summed E-state index contributed by atoms with van der Waals surface area (Å²) in [6.45, 7) is 2.27. The summed E-state index contributed by atoms with van der Waals surface area (Å²) in [6, 6.07) is 5.21. The number of nitrogens with zero attached hydrogens (tertiary/aromatic N) is 2. The van der Waals surface area contributed by atoms with Crippen LogP contribution in [-0.4, -0.2) is 34.3 Å². The van der Waals surface area contributed by atoms with Gasteiger partial charge in [0, 0.05) is 25.3 Å². The third-order valence-electron chi connectivity index (χ3n) is 4.06. The molecule has 0 amide bonds. The van der Waals surface area contributed by atoms with Gasteiger partial charge < -0.3 is 15.1 Å². The maximum atomic E-state index is 11.4. The van der Waals surface area contributed by atoms with E-state index in [1.165, 1.54) is 6.07 Å². The van der Waals surface area contributed by atoms with E-state index in [4.69, 9.17) is 5.11 Å². The lowest BCUT2D eigenvalue weighted by atomic mass is 9.90. The first-order chi connectivity index (χ1) is 10.0. The number of hydrogen-bond donors (Lipinski definition) is 2. The van der Waals surface area contributed by atoms with Crippen LogP contribution in [0.25, 0.3) is 0 Å². The lowest BCUT2D eigenvalue weighted by Gasteiger charge is -2.39. The summed E-state index contributed by atoms with van der Waals surface area (Å²) in [5, 5.41) is 30.0. The van der Waals surface area contributed by atoms with Gasteiger partial charge in [0.15, 0.2) is 0 Å². The molecule has 1 saturated carbocycles. The smallest absolute Gasteiger partial charge is 0.292 e. The number of aliphatic hydroxyl groups excluding tert-OH is 2. The van der Waals surface area contributed by atoms with Crippen LogP contribution in [0.3, 0.4) is 0 Å². The van der Waals surface area contributed by atoms with Crippen LogP contribution in [0.4, 0.5) is 11.4 Å². The first-order valence-corrected chi connectivity index (χ1v) is 7.38. The quantitative estimate of drug-likeness (QED) is 0.595. The van der Waals surface area contributed by atoms with E-state index in [1.54, 1.807) is 19.1 Å². The maximum Gasteiger partial charge on any atom is 0.292 e. The number of anilines is 1. The summed E-state index contributed by atoms with van der Waals surface area (Å²) >= 11 is 0. The molecule has 116 valence electrons. The van der Waals surface area contributed by atoms with E-state index in [0.29, 0.717) is 30.3 Å². The highest BCUT2D eigenvalue weighted by Gasteiger charge is 2.29. The van der Waals surface area contributed by atoms with E-state index in [2.05, 4.69) is 0 Å². The predicted octanol–water partition coefficient (Wildman–Crippen LogP) is 2.39. The van der Waals surface area contributed by atoms with Gasteiger partial charge in [-0.05, 0) is 44.2 Å². The van der Waals surface area contributed by atoms with Crippen LogP contribution in [0.1, 0.15) is 44.3 Å². The van der Waals surface area contributed by atoms with E-state index in [9.17, 15) is 15.2 Å². The minimum absolute atomic E-state index is 0.0261. The lowest BCUT2D eigenvalue weighted by molar-refractivity contribution is -0.384. The highest BCUT2D eigenvalue weighted by atomic mass is 16.6. The predicted molar refractivity (Wildman–Crippen MR) is 80.4 cm³/mol. The Kier molecular flexibility index (Phi) is 5.14. The number of nitro benzene ring substituents is 1. The van der Waals surface area contributed by atoms with E-state index < -0.39 is 11.0 Å². The van der Waals surface area contributed by atoms with Gasteiger partial charge in [0.1, 0.15) is 5.69 Å². The Bertz CT molecular complexity index is 500. The number of rotatable bonds is 7. The number of aliphatic hydroxyl groups is 2. The zero-order chi connectivity index (χ0) is 15.4. The standard InChI is InChI=1S/C15H22N2O4/c1-11(19)12-6-7-14(15(10-12)17(20)21)16(8-3-9-18)13-4-2-5-13/h6-7,10-11,13,18-19H,2-5,8-9H2,1H3. The summed E-state index contributed by atoms with van der Waals surface area (Å²) < 4.78 is 0. The van der Waals surface area contributed by atoms with Crippen LogP contribution in [0, 0.1) is 10.1 Å². The molecule has 0 bridgehead atoms. The second-order valence-corrected chi connectivity index (χ2v) is 5.54. The average Bonchev–Trinajstić information content (AvgIpc) is 2.40. The molecule has 1 aliphatic carbocycles. The number of hydrogen-bond acceptors (Lipinski definition) is 5. The maximum absolute atomic E-state index is 11.4. The van der Waals surface area contributed by atoms with Gasteiger partial charge >= 0.3 is 0 Å².